The summed E-state index contributed by atoms with van der Waals surface area (Å²) in [5.41, 5.74) is 5.77. The summed E-state index contributed by atoms with van der Waals surface area (Å²) in [4.78, 5) is 23.9. The minimum absolute atomic E-state index is 0.0558. The summed E-state index contributed by atoms with van der Waals surface area (Å²) >= 11 is 0. The number of aryl methyl sites for hydroxylation is 1. The number of anilines is 2. The molecule has 1 unspecified atom stereocenters. The molecule has 5 rings (SSSR count). The second kappa shape index (κ2) is 8.08. The van der Waals surface area contributed by atoms with Crippen LogP contribution in [0, 0.1) is 18.8 Å². The molecule has 162 valence electrons. The largest absolute Gasteiger partial charge is 0.347 e. The summed E-state index contributed by atoms with van der Waals surface area (Å²) in [6.45, 7) is 7.86. The number of carbonyl (C=O) groups excluding carboxylic acids is 1. The van der Waals surface area contributed by atoms with Gasteiger partial charge in [-0.15, -0.1) is 0 Å². The lowest BCUT2D eigenvalue weighted by atomic mass is 9.79. The van der Waals surface area contributed by atoms with Gasteiger partial charge < -0.3 is 15.5 Å². The van der Waals surface area contributed by atoms with E-state index in [1.807, 2.05) is 13.0 Å². The summed E-state index contributed by atoms with van der Waals surface area (Å²) in [5.74, 6) is 1.61. The smallest absolute Gasteiger partial charge is 0.224 e. The fourth-order valence-corrected chi connectivity index (χ4v) is 5.31. The SMILES string of the molecule is CC(=O)N1c2ccc(C3=CCNCC3)cc2C(Nc2nccc(C)n2)[C@@H](C)[C@@H]1C1CC1. The second-order valence-corrected chi connectivity index (χ2v) is 9.18. The van der Waals surface area contributed by atoms with E-state index in [0.29, 0.717) is 11.9 Å². The number of amides is 1. The van der Waals surface area contributed by atoms with Crippen molar-refractivity contribution in [1.29, 1.82) is 0 Å². The third-order valence-corrected chi connectivity index (χ3v) is 6.94. The second-order valence-electron chi connectivity index (χ2n) is 9.18. The Morgan fingerprint density at radius 2 is 2.10 bits per heavy atom. The predicted molar refractivity (Wildman–Crippen MR) is 124 cm³/mol. The fraction of sp³-hybridized carbons (Fsp3) is 0.480. The molecule has 1 aromatic carbocycles. The van der Waals surface area contributed by atoms with Crippen LogP contribution >= 0.6 is 0 Å². The van der Waals surface area contributed by atoms with Gasteiger partial charge in [0.1, 0.15) is 0 Å². The van der Waals surface area contributed by atoms with Gasteiger partial charge in [-0.2, -0.15) is 0 Å². The minimum Gasteiger partial charge on any atom is -0.347 e. The predicted octanol–water partition coefficient (Wildman–Crippen LogP) is 4.10. The first-order valence-corrected chi connectivity index (χ1v) is 11.4. The number of aromatic nitrogens is 2. The maximum absolute atomic E-state index is 12.8. The van der Waals surface area contributed by atoms with Crippen molar-refractivity contribution < 1.29 is 4.79 Å². The van der Waals surface area contributed by atoms with Gasteiger partial charge in [0.15, 0.2) is 0 Å². The zero-order valence-electron chi connectivity index (χ0n) is 18.6. The van der Waals surface area contributed by atoms with Crippen LogP contribution in [0.15, 0.2) is 36.5 Å². The third-order valence-electron chi connectivity index (χ3n) is 6.94. The number of hydrogen-bond donors (Lipinski definition) is 2. The Balaban J connectivity index is 1.61. The molecule has 6 heteroatoms. The molecular formula is C25H31N5O. The van der Waals surface area contributed by atoms with Gasteiger partial charge in [0.25, 0.3) is 0 Å². The number of carbonyl (C=O) groups is 1. The van der Waals surface area contributed by atoms with Crippen LogP contribution in [0.2, 0.25) is 0 Å². The Kier molecular flexibility index (Phi) is 5.26. The average Bonchev–Trinajstić information content (AvgIpc) is 3.60. The van der Waals surface area contributed by atoms with Crippen LogP contribution in [0.4, 0.5) is 11.6 Å². The highest BCUT2D eigenvalue weighted by Crippen LogP contribution is 2.50. The Morgan fingerprint density at radius 3 is 2.77 bits per heavy atom. The first kappa shape index (κ1) is 20.2. The topological polar surface area (TPSA) is 70.2 Å². The summed E-state index contributed by atoms with van der Waals surface area (Å²) in [5, 5.41) is 7.03. The van der Waals surface area contributed by atoms with Crippen molar-refractivity contribution in [3.05, 3.63) is 53.4 Å². The van der Waals surface area contributed by atoms with Gasteiger partial charge in [0.05, 0.1) is 6.04 Å². The molecule has 1 saturated carbocycles. The summed E-state index contributed by atoms with van der Waals surface area (Å²) < 4.78 is 0. The number of rotatable bonds is 4. The lowest BCUT2D eigenvalue weighted by Gasteiger charge is -2.46. The van der Waals surface area contributed by atoms with E-state index >= 15 is 0 Å². The van der Waals surface area contributed by atoms with Crippen molar-refractivity contribution in [1.82, 2.24) is 15.3 Å². The van der Waals surface area contributed by atoms with Crippen LogP contribution in [-0.4, -0.2) is 35.0 Å². The Hall–Kier alpha value is -2.73. The average molecular weight is 418 g/mol. The van der Waals surface area contributed by atoms with E-state index in [4.69, 9.17) is 0 Å². The molecule has 6 nitrogen and oxygen atoms in total. The van der Waals surface area contributed by atoms with E-state index in [9.17, 15) is 4.79 Å². The zero-order valence-corrected chi connectivity index (χ0v) is 18.6. The van der Waals surface area contributed by atoms with Gasteiger partial charge >= 0.3 is 0 Å². The van der Waals surface area contributed by atoms with E-state index in [1.54, 1.807) is 13.1 Å². The van der Waals surface area contributed by atoms with Gasteiger partial charge in [-0.05, 0) is 73.5 Å². The van der Waals surface area contributed by atoms with Gasteiger partial charge in [-0.3, -0.25) is 4.79 Å². The highest BCUT2D eigenvalue weighted by atomic mass is 16.2. The molecule has 1 fully saturated rings. The van der Waals surface area contributed by atoms with Gasteiger partial charge in [-0.25, -0.2) is 9.97 Å². The van der Waals surface area contributed by atoms with E-state index in [-0.39, 0.29) is 23.9 Å². The molecule has 2 N–H and O–H groups in total. The third kappa shape index (κ3) is 3.85. The van der Waals surface area contributed by atoms with Crippen LogP contribution in [0.5, 0.6) is 0 Å². The highest BCUT2D eigenvalue weighted by molar-refractivity contribution is 5.94. The normalized spacial score (nSPS) is 25.6. The molecule has 3 heterocycles. The lowest BCUT2D eigenvalue weighted by molar-refractivity contribution is -0.117. The van der Waals surface area contributed by atoms with E-state index in [0.717, 1.165) is 30.9 Å². The number of benzene rings is 1. The van der Waals surface area contributed by atoms with Gasteiger partial charge in [0, 0.05) is 43.0 Å². The first-order valence-electron chi connectivity index (χ1n) is 11.4. The van der Waals surface area contributed by atoms with Crippen molar-refractivity contribution in [2.75, 3.05) is 23.3 Å². The van der Waals surface area contributed by atoms with Crippen molar-refractivity contribution in [2.45, 2.75) is 52.1 Å². The van der Waals surface area contributed by atoms with Crippen molar-refractivity contribution in [2.24, 2.45) is 11.8 Å². The molecule has 2 aromatic rings. The molecule has 31 heavy (non-hydrogen) atoms. The van der Waals surface area contributed by atoms with Crippen LogP contribution in [0.1, 0.15) is 56.0 Å². The van der Waals surface area contributed by atoms with Crippen LogP contribution in [0.3, 0.4) is 0 Å². The van der Waals surface area contributed by atoms with Crippen molar-refractivity contribution >= 4 is 23.1 Å². The number of nitrogens with one attached hydrogen (secondary N) is 2. The number of nitrogens with zero attached hydrogens (tertiary/aromatic N) is 3. The molecule has 0 radical (unpaired) electrons. The number of hydrogen-bond acceptors (Lipinski definition) is 5. The summed E-state index contributed by atoms with van der Waals surface area (Å²) in [6, 6.07) is 8.80. The molecule has 1 aliphatic carbocycles. The standard InChI is InChI=1S/C25H31N5O/c1-15-8-13-27-25(28-15)29-23-16(2)24(19-4-5-19)30(17(3)31)22-7-6-20(14-21(22)23)18-9-11-26-12-10-18/h6-9,13-14,16,19,23-24,26H,4-5,10-12H2,1-3H3,(H,27,28,29)/t16-,23?,24-/m1/s1. The molecule has 2 aliphatic heterocycles. The van der Waals surface area contributed by atoms with Crippen LogP contribution < -0.4 is 15.5 Å². The molecular weight excluding hydrogens is 386 g/mol. The van der Waals surface area contributed by atoms with Crippen molar-refractivity contribution in [3.8, 4) is 0 Å². The van der Waals surface area contributed by atoms with E-state index in [1.165, 1.54) is 29.5 Å². The molecule has 0 spiro atoms. The molecule has 0 bridgehead atoms. The maximum atomic E-state index is 12.8. The Morgan fingerprint density at radius 1 is 1.26 bits per heavy atom. The molecule has 0 saturated heterocycles. The Bertz CT molecular complexity index is 1030. The van der Waals surface area contributed by atoms with Crippen molar-refractivity contribution in [3.63, 3.8) is 0 Å². The van der Waals surface area contributed by atoms with Crippen LogP contribution in [-0.2, 0) is 4.79 Å². The molecule has 3 atom stereocenters. The van der Waals surface area contributed by atoms with Crippen LogP contribution in [0.25, 0.3) is 5.57 Å². The van der Waals surface area contributed by atoms with Gasteiger partial charge in [0.2, 0.25) is 11.9 Å². The molecule has 3 aliphatic rings. The molecule has 1 amide bonds. The first-order chi connectivity index (χ1) is 15.0. The quantitative estimate of drug-likeness (QED) is 0.784. The van der Waals surface area contributed by atoms with Gasteiger partial charge in [-0.1, -0.05) is 19.1 Å². The lowest BCUT2D eigenvalue weighted by Crippen LogP contribution is -2.51. The van der Waals surface area contributed by atoms with E-state index < -0.39 is 0 Å². The highest BCUT2D eigenvalue weighted by Gasteiger charge is 2.47. The minimum atomic E-state index is 0.0558. The van der Waals surface area contributed by atoms with E-state index in [2.05, 4.69) is 56.7 Å². The molecule has 1 aromatic heterocycles. The zero-order chi connectivity index (χ0) is 21.5. The summed E-state index contributed by atoms with van der Waals surface area (Å²) in [7, 11) is 0. The monoisotopic (exact) mass is 417 g/mol. The summed E-state index contributed by atoms with van der Waals surface area (Å²) in [6.07, 6.45) is 7.49. The number of fused-ring (bicyclic) bond motifs is 1. The Labute approximate surface area is 184 Å². The fourth-order valence-electron chi connectivity index (χ4n) is 5.31. The maximum Gasteiger partial charge on any atom is 0.224 e.